The number of nitro benzene ring substituents is 1. The predicted octanol–water partition coefficient (Wildman–Crippen LogP) is 5.02. The van der Waals surface area contributed by atoms with Gasteiger partial charge in [-0.2, -0.15) is 0 Å². The van der Waals surface area contributed by atoms with Gasteiger partial charge in [-0.3, -0.25) is 14.8 Å². The highest BCUT2D eigenvalue weighted by Gasteiger charge is 2.31. The van der Waals surface area contributed by atoms with Gasteiger partial charge in [-0.25, -0.2) is 16.8 Å². The Morgan fingerprint density at radius 2 is 1.62 bits per heavy atom. The quantitative estimate of drug-likeness (QED) is 0.251. The van der Waals surface area contributed by atoms with E-state index in [2.05, 4.69) is 4.72 Å². The van der Waals surface area contributed by atoms with Crippen molar-refractivity contribution in [1.82, 2.24) is 0 Å². The van der Waals surface area contributed by atoms with Crippen LogP contribution in [0.4, 0.5) is 11.4 Å². The average molecular weight is 525 g/mol. The Balaban J connectivity index is 2.24. The molecular formula is C22H21ClN2O7S2. The number of rotatable bonds is 7. The monoisotopic (exact) mass is 524 g/mol. The van der Waals surface area contributed by atoms with Crippen LogP contribution in [0.3, 0.4) is 0 Å². The molecule has 3 rings (SSSR count). The maximum absolute atomic E-state index is 13.5. The molecule has 12 heteroatoms. The van der Waals surface area contributed by atoms with Crippen molar-refractivity contribution in [3.63, 3.8) is 0 Å². The molecule has 0 aliphatic rings. The highest BCUT2D eigenvalue weighted by molar-refractivity contribution is 7.93. The molecule has 0 saturated carbocycles. The highest BCUT2D eigenvalue weighted by Crippen LogP contribution is 2.42. The van der Waals surface area contributed by atoms with E-state index in [1.165, 1.54) is 49.4 Å². The fraction of sp³-hybridized carbons (Fsp3) is 0.182. The third-order valence-corrected chi connectivity index (χ3v) is 8.50. The van der Waals surface area contributed by atoms with E-state index in [0.717, 1.165) is 12.1 Å². The number of aryl methyl sites for hydroxylation is 1. The minimum absolute atomic E-state index is 0.0482. The first kappa shape index (κ1) is 25.5. The number of anilines is 1. The Morgan fingerprint density at radius 3 is 2.18 bits per heavy atom. The fourth-order valence-corrected chi connectivity index (χ4v) is 6.44. The molecule has 0 unspecified atom stereocenters. The minimum Gasteiger partial charge on any atom is -0.506 e. The molecule has 0 heterocycles. The summed E-state index contributed by atoms with van der Waals surface area (Å²) in [5.74, 6) is -1.04. The molecule has 0 atom stereocenters. The zero-order valence-electron chi connectivity index (χ0n) is 18.3. The Kier molecular flexibility index (Phi) is 6.92. The number of nitro groups is 1. The van der Waals surface area contributed by atoms with Crippen LogP contribution in [0, 0.1) is 17.0 Å². The topological polar surface area (TPSA) is 144 Å². The van der Waals surface area contributed by atoms with Gasteiger partial charge in [0.1, 0.15) is 10.6 Å². The largest absolute Gasteiger partial charge is 0.506 e. The van der Waals surface area contributed by atoms with Crippen molar-refractivity contribution in [3.8, 4) is 5.75 Å². The number of halogens is 1. The number of sulfonamides is 1. The first-order valence-electron chi connectivity index (χ1n) is 9.90. The molecule has 0 aliphatic heterocycles. The summed E-state index contributed by atoms with van der Waals surface area (Å²) in [7, 11) is -8.61. The van der Waals surface area contributed by atoms with Crippen LogP contribution in [0.2, 0.25) is 5.02 Å². The summed E-state index contributed by atoms with van der Waals surface area (Å²) < 4.78 is 55.4. The van der Waals surface area contributed by atoms with Gasteiger partial charge in [0.2, 0.25) is 9.84 Å². The van der Waals surface area contributed by atoms with Gasteiger partial charge < -0.3 is 5.11 Å². The smallest absolute Gasteiger partial charge is 0.270 e. The molecule has 0 aliphatic carbocycles. The summed E-state index contributed by atoms with van der Waals surface area (Å²) in [6, 6.07) is 11.1. The van der Waals surface area contributed by atoms with E-state index in [4.69, 9.17) is 11.6 Å². The summed E-state index contributed by atoms with van der Waals surface area (Å²) >= 11 is 5.87. The van der Waals surface area contributed by atoms with Crippen molar-refractivity contribution < 1.29 is 26.9 Å². The van der Waals surface area contributed by atoms with E-state index in [-0.39, 0.29) is 26.6 Å². The molecule has 0 aromatic heterocycles. The normalized spacial score (nSPS) is 12.0. The summed E-state index contributed by atoms with van der Waals surface area (Å²) in [6.07, 6.45) is 0. The number of phenolic OH excluding ortho intramolecular Hbond substituents is 1. The van der Waals surface area contributed by atoms with Crippen molar-refractivity contribution in [3.05, 3.63) is 80.9 Å². The van der Waals surface area contributed by atoms with Crippen molar-refractivity contribution >= 4 is 42.8 Å². The molecule has 0 radical (unpaired) electrons. The van der Waals surface area contributed by atoms with E-state index in [9.17, 15) is 32.1 Å². The number of nitrogens with zero attached hydrogens (tertiary/aromatic N) is 1. The number of hydrogen-bond donors (Lipinski definition) is 2. The van der Waals surface area contributed by atoms with Gasteiger partial charge in [0.15, 0.2) is 0 Å². The lowest BCUT2D eigenvalue weighted by Crippen LogP contribution is -2.17. The van der Waals surface area contributed by atoms with Gasteiger partial charge in [0.25, 0.3) is 15.7 Å². The Bertz CT molecular complexity index is 1480. The van der Waals surface area contributed by atoms with Crippen LogP contribution < -0.4 is 4.72 Å². The lowest BCUT2D eigenvalue weighted by atomic mass is 9.99. The summed E-state index contributed by atoms with van der Waals surface area (Å²) in [6.45, 7) is 4.73. The number of nitrogens with one attached hydrogen (secondary N) is 1. The van der Waals surface area contributed by atoms with Crippen LogP contribution in [-0.2, 0) is 19.9 Å². The maximum atomic E-state index is 13.5. The third kappa shape index (κ3) is 4.86. The van der Waals surface area contributed by atoms with Crippen LogP contribution in [0.1, 0.15) is 30.9 Å². The summed E-state index contributed by atoms with van der Waals surface area (Å²) in [5.41, 5.74) is -0.315. The minimum atomic E-state index is -4.34. The lowest BCUT2D eigenvalue weighted by molar-refractivity contribution is -0.385. The zero-order valence-corrected chi connectivity index (χ0v) is 20.7. The number of aromatic hydroxyl groups is 1. The summed E-state index contributed by atoms with van der Waals surface area (Å²) in [4.78, 5) is 9.41. The number of sulfone groups is 1. The van der Waals surface area contributed by atoms with Crippen molar-refractivity contribution in [2.75, 3.05) is 4.72 Å². The third-order valence-electron chi connectivity index (χ3n) is 5.04. The number of hydrogen-bond acceptors (Lipinski definition) is 7. The molecule has 0 spiro atoms. The standard InChI is InChI=1S/C22H21ClN2O7S2/c1-13(2)20-19(24-34(31,32)18-6-4-5-16(12-18)25(27)28)11-14(3)21(26)22(20)33(29,30)17-9-7-15(23)8-10-17/h4-13,24,26H,1-3H3. The molecular weight excluding hydrogens is 504 g/mol. The second-order valence-electron chi connectivity index (χ2n) is 7.80. The van der Waals surface area contributed by atoms with Gasteiger partial charge in [-0.05, 0) is 54.8 Å². The van der Waals surface area contributed by atoms with E-state index in [1.54, 1.807) is 13.8 Å². The molecule has 0 bridgehead atoms. The Hall–Kier alpha value is -3.15. The number of phenols is 1. The predicted molar refractivity (Wildman–Crippen MR) is 128 cm³/mol. The molecule has 0 fully saturated rings. The van der Waals surface area contributed by atoms with Crippen LogP contribution in [0.5, 0.6) is 5.75 Å². The van der Waals surface area contributed by atoms with Crippen LogP contribution in [0.15, 0.2) is 69.3 Å². The molecule has 34 heavy (non-hydrogen) atoms. The van der Waals surface area contributed by atoms with Gasteiger partial charge in [-0.15, -0.1) is 0 Å². The Morgan fingerprint density at radius 1 is 1.00 bits per heavy atom. The fourth-order valence-electron chi connectivity index (χ4n) is 3.42. The second kappa shape index (κ2) is 9.24. The van der Waals surface area contributed by atoms with E-state index >= 15 is 0 Å². The van der Waals surface area contributed by atoms with Gasteiger partial charge in [-0.1, -0.05) is 31.5 Å². The van der Waals surface area contributed by atoms with E-state index in [1.807, 2.05) is 0 Å². The summed E-state index contributed by atoms with van der Waals surface area (Å²) in [5, 5.41) is 22.1. The second-order valence-corrected chi connectivity index (χ2v) is 11.8. The Labute approximate surface area is 202 Å². The van der Waals surface area contributed by atoms with E-state index in [0.29, 0.717) is 5.02 Å². The van der Waals surface area contributed by atoms with Crippen molar-refractivity contribution in [2.24, 2.45) is 0 Å². The highest BCUT2D eigenvalue weighted by atomic mass is 35.5. The van der Waals surface area contributed by atoms with Gasteiger partial charge in [0.05, 0.1) is 20.4 Å². The average Bonchev–Trinajstić information content (AvgIpc) is 2.75. The number of benzene rings is 3. The first-order valence-corrected chi connectivity index (χ1v) is 13.2. The number of non-ortho nitro benzene ring substituents is 1. The lowest BCUT2D eigenvalue weighted by Gasteiger charge is -2.22. The zero-order chi connectivity index (χ0) is 25.4. The molecule has 0 amide bonds. The molecule has 0 saturated heterocycles. The van der Waals surface area contributed by atoms with Gasteiger partial charge in [0, 0.05) is 22.7 Å². The molecule has 3 aromatic rings. The van der Waals surface area contributed by atoms with Crippen LogP contribution in [0.25, 0.3) is 0 Å². The molecule has 9 nitrogen and oxygen atoms in total. The SMILES string of the molecule is Cc1cc(NS(=O)(=O)c2cccc([N+](=O)[O-])c2)c(C(C)C)c(S(=O)(=O)c2ccc(Cl)cc2)c1O. The van der Waals surface area contributed by atoms with Crippen LogP contribution in [-0.4, -0.2) is 26.9 Å². The molecule has 180 valence electrons. The van der Waals surface area contributed by atoms with Crippen molar-refractivity contribution in [2.45, 2.75) is 41.4 Å². The first-order chi connectivity index (χ1) is 15.8. The van der Waals surface area contributed by atoms with E-state index < -0.39 is 47.0 Å². The van der Waals surface area contributed by atoms with Crippen molar-refractivity contribution in [1.29, 1.82) is 0 Å². The van der Waals surface area contributed by atoms with Gasteiger partial charge >= 0.3 is 0 Å². The maximum Gasteiger partial charge on any atom is 0.270 e. The van der Waals surface area contributed by atoms with Crippen LogP contribution >= 0.6 is 11.6 Å². The molecule has 2 N–H and O–H groups in total. The molecule has 3 aromatic carbocycles.